The van der Waals surface area contributed by atoms with E-state index in [9.17, 15) is 9.59 Å². The molecule has 5 rings (SSSR count). The maximum atomic E-state index is 14.4. The number of tetrazole rings is 1. The quantitative estimate of drug-likeness (QED) is 0.551. The fraction of sp³-hybridized carbons (Fsp3) is 0.897. The molecule has 2 amide bonds. The van der Waals surface area contributed by atoms with E-state index in [-0.39, 0.29) is 29.8 Å². The van der Waals surface area contributed by atoms with Crippen molar-refractivity contribution in [2.75, 3.05) is 6.54 Å². The van der Waals surface area contributed by atoms with Crippen LogP contribution in [0.15, 0.2) is 6.33 Å². The van der Waals surface area contributed by atoms with E-state index in [4.69, 9.17) is 0 Å². The molecular weight excluding hydrogens is 464 g/mol. The third-order valence-electron chi connectivity index (χ3n) is 10.4. The number of hydrogen-bond acceptors (Lipinski definition) is 5. The average Bonchev–Trinajstić information content (AvgIpc) is 3.63. The molecule has 4 saturated carbocycles. The van der Waals surface area contributed by atoms with Gasteiger partial charge in [0.2, 0.25) is 11.8 Å². The zero-order chi connectivity index (χ0) is 25.8. The van der Waals surface area contributed by atoms with Crippen LogP contribution in [0.4, 0.5) is 0 Å². The second-order valence-electron chi connectivity index (χ2n) is 12.9. The number of carbonyl (C=O) groups excluding carboxylic acids is 2. The summed E-state index contributed by atoms with van der Waals surface area (Å²) in [7, 11) is 0. The van der Waals surface area contributed by atoms with Crippen LogP contribution in [0.3, 0.4) is 0 Å². The molecule has 0 radical (unpaired) electrons. The van der Waals surface area contributed by atoms with E-state index in [1.807, 2.05) is 4.68 Å². The van der Waals surface area contributed by atoms with Crippen LogP contribution in [0, 0.1) is 23.7 Å². The summed E-state index contributed by atoms with van der Waals surface area (Å²) in [5, 5.41) is 15.2. The second kappa shape index (κ2) is 11.8. The molecule has 1 N–H and O–H groups in total. The average molecular weight is 513 g/mol. The Morgan fingerprint density at radius 1 is 0.892 bits per heavy atom. The van der Waals surface area contributed by atoms with Crippen LogP contribution in [0.25, 0.3) is 0 Å². The van der Waals surface area contributed by atoms with Crippen LogP contribution >= 0.6 is 0 Å². The molecule has 0 aromatic carbocycles. The van der Waals surface area contributed by atoms with Crippen LogP contribution in [0.1, 0.15) is 123 Å². The molecular formula is C29H48N6O2. The number of nitrogens with one attached hydrogen (secondary N) is 1. The highest BCUT2D eigenvalue weighted by Gasteiger charge is 2.51. The molecule has 0 bridgehead atoms. The highest BCUT2D eigenvalue weighted by molar-refractivity contribution is 5.92. The Bertz CT molecular complexity index is 874. The standard InChI is InChI=1S/C29H48N6O2/c1-21-9-8-10-22(2)26(21)31-28(37)29(17-6-7-18-29)34(19-23-11-4-3-5-12-23)27(36)24-13-15-25(16-14-24)35-20-30-32-33-35/h20-26H,3-19H2,1-2H3,(H,31,37). The van der Waals surface area contributed by atoms with Crippen molar-refractivity contribution in [3.63, 3.8) is 0 Å². The minimum absolute atomic E-state index is 0.00544. The van der Waals surface area contributed by atoms with Crippen molar-refractivity contribution in [3.8, 4) is 0 Å². The largest absolute Gasteiger partial charge is 0.351 e. The first-order chi connectivity index (χ1) is 18.0. The van der Waals surface area contributed by atoms with Gasteiger partial charge in [-0.15, -0.1) is 5.10 Å². The fourth-order valence-electron chi connectivity index (χ4n) is 8.08. The van der Waals surface area contributed by atoms with Crippen LogP contribution < -0.4 is 5.32 Å². The first-order valence-electron chi connectivity index (χ1n) is 15.3. The molecule has 206 valence electrons. The van der Waals surface area contributed by atoms with Crippen LogP contribution in [-0.2, 0) is 9.59 Å². The van der Waals surface area contributed by atoms with Gasteiger partial charge in [-0.25, -0.2) is 4.68 Å². The molecule has 0 spiro atoms. The van der Waals surface area contributed by atoms with Gasteiger partial charge in [-0.1, -0.05) is 52.4 Å². The number of rotatable bonds is 7. The van der Waals surface area contributed by atoms with E-state index in [0.29, 0.717) is 17.8 Å². The Kier molecular flexibility index (Phi) is 8.50. The zero-order valence-corrected chi connectivity index (χ0v) is 23.1. The predicted molar refractivity (Wildman–Crippen MR) is 142 cm³/mol. The lowest BCUT2D eigenvalue weighted by molar-refractivity contribution is -0.153. The Balaban J connectivity index is 1.36. The first-order valence-corrected chi connectivity index (χ1v) is 15.3. The predicted octanol–water partition coefficient (Wildman–Crippen LogP) is 5.07. The van der Waals surface area contributed by atoms with Crippen LogP contribution in [0.5, 0.6) is 0 Å². The van der Waals surface area contributed by atoms with Crippen molar-refractivity contribution < 1.29 is 9.59 Å². The molecule has 1 heterocycles. The van der Waals surface area contributed by atoms with Crippen molar-refractivity contribution in [2.45, 2.75) is 134 Å². The summed E-state index contributed by atoms with van der Waals surface area (Å²) in [4.78, 5) is 30.8. The summed E-state index contributed by atoms with van der Waals surface area (Å²) in [6.45, 7) is 5.33. The molecule has 0 saturated heterocycles. The van der Waals surface area contributed by atoms with Gasteiger partial charge >= 0.3 is 0 Å². The molecule has 1 aromatic rings. The van der Waals surface area contributed by atoms with E-state index in [0.717, 1.165) is 57.9 Å². The third-order valence-corrected chi connectivity index (χ3v) is 10.4. The highest BCUT2D eigenvalue weighted by atomic mass is 16.2. The Labute approximate surface area is 222 Å². The molecule has 37 heavy (non-hydrogen) atoms. The lowest BCUT2D eigenvalue weighted by atomic mass is 9.77. The Morgan fingerprint density at radius 3 is 2.19 bits per heavy atom. The van der Waals surface area contributed by atoms with Crippen molar-refractivity contribution >= 4 is 11.8 Å². The summed E-state index contributed by atoms with van der Waals surface area (Å²) < 4.78 is 1.85. The fourth-order valence-corrected chi connectivity index (χ4v) is 8.08. The zero-order valence-electron chi connectivity index (χ0n) is 23.1. The van der Waals surface area contributed by atoms with Gasteiger partial charge in [0.25, 0.3) is 0 Å². The molecule has 1 aromatic heterocycles. The summed E-state index contributed by atoms with van der Waals surface area (Å²) in [6.07, 6.45) is 18.7. The van der Waals surface area contributed by atoms with Gasteiger partial charge in [0, 0.05) is 18.5 Å². The maximum Gasteiger partial charge on any atom is 0.246 e. The van der Waals surface area contributed by atoms with Gasteiger partial charge in [0.05, 0.1) is 6.04 Å². The number of aromatic nitrogens is 4. The maximum absolute atomic E-state index is 14.4. The molecule has 4 fully saturated rings. The van der Waals surface area contributed by atoms with Gasteiger partial charge in [-0.2, -0.15) is 0 Å². The van der Waals surface area contributed by atoms with Gasteiger partial charge < -0.3 is 10.2 Å². The third kappa shape index (κ3) is 5.73. The molecule has 8 heteroatoms. The number of hydrogen-bond donors (Lipinski definition) is 1. The molecule has 4 aliphatic carbocycles. The number of amides is 2. The van der Waals surface area contributed by atoms with E-state index in [1.54, 1.807) is 6.33 Å². The smallest absolute Gasteiger partial charge is 0.246 e. The first kappa shape index (κ1) is 26.6. The molecule has 2 atom stereocenters. The highest BCUT2D eigenvalue weighted by Crippen LogP contribution is 2.42. The van der Waals surface area contributed by atoms with Gasteiger partial charge in [0.15, 0.2) is 0 Å². The summed E-state index contributed by atoms with van der Waals surface area (Å²) in [5.74, 6) is 1.89. The second-order valence-corrected chi connectivity index (χ2v) is 12.9. The van der Waals surface area contributed by atoms with Gasteiger partial charge in [-0.05, 0) is 92.4 Å². The molecule has 0 aliphatic heterocycles. The SMILES string of the molecule is CC1CCCC(C)C1NC(=O)C1(N(CC2CCCCC2)C(=O)C2CCC(n3cnnn3)CC2)CCCC1. The monoisotopic (exact) mass is 512 g/mol. The minimum Gasteiger partial charge on any atom is -0.351 e. The molecule has 2 unspecified atom stereocenters. The van der Waals surface area contributed by atoms with Crippen LogP contribution in [-0.4, -0.2) is 55.0 Å². The summed E-state index contributed by atoms with van der Waals surface area (Å²) in [6, 6.07) is 0.487. The van der Waals surface area contributed by atoms with Crippen molar-refractivity contribution in [2.24, 2.45) is 23.7 Å². The number of carbonyl (C=O) groups is 2. The van der Waals surface area contributed by atoms with Crippen molar-refractivity contribution in [1.29, 1.82) is 0 Å². The van der Waals surface area contributed by atoms with Gasteiger partial charge in [0.1, 0.15) is 11.9 Å². The summed E-state index contributed by atoms with van der Waals surface area (Å²) in [5.41, 5.74) is -0.669. The topological polar surface area (TPSA) is 93.0 Å². The molecule has 4 aliphatic rings. The molecule has 8 nitrogen and oxygen atoms in total. The van der Waals surface area contributed by atoms with E-state index in [1.165, 1.54) is 51.4 Å². The number of nitrogens with zero attached hydrogens (tertiary/aromatic N) is 5. The van der Waals surface area contributed by atoms with Crippen molar-refractivity contribution in [3.05, 3.63) is 6.33 Å². The summed E-state index contributed by atoms with van der Waals surface area (Å²) >= 11 is 0. The lowest BCUT2D eigenvalue weighted by Gasteiger charge is -2.46. The minimum atomic E-state index is -0.669. The van der Waals surface area contributed by atoms with Crippen LogP contribution in [0.2, 0.25) is 0 Å². The van der Waals surface area contributed by atoms with E-state index in [2.05, 4.69) is 39.6 Å². The van der Waals surface area contributed by atoms with Gasteiger partial charge in [-0.3, -0.25) is 9.59 Å². The normalized spacial score (nSPS) is 32.6. The lowest BCUT2D eigenvalue weighted by Crippen LogP contribution is -2.64. The van der Waals surface area contributed by atoms with E-state index < -0.39 is 5.54 Å². The van der Waals surface area contributed by atoms with E-state index >= 15 is 0 Å². The Morgan fingerprint density at radius 2 is 1.57 bits per heavy atom. The van der Waals surface area contributed by atoms with Crippen molar-refractivity contribution in [1.82, 2.24) is 30.4 Å². The Hall–Kier alpha value is -1.99.